The van der Waals surface area contributed by atoms with Crippen molar-refractivity contribution in [1.82, 2.24) is 9.80 Å². The third-order valence-corrected chi connectivity index (χ3v) is 6.12. The Balaban J connectivity index is 0.00000131. The first-order chi connectivity index (χ1) is 12.1. The summed E-state index contributed by atoms with van der Waals surface area (Å²) in [6.07, 6.45) is 4.87. The SMILES string of the molecule is CN(C)CCCC1c2cccc3c2C(CN1C)c1ccccc1CC3.Cl.Cl. The molecule has 2 unspecified atom stereocenters. The first-order valence-corrected chi connectivity index (χ1v) is 9.69. The fourth-order valence-corrected chi connectivity index (χ4v) is 4.91. The molecule has 2 aliphatic rings. The molecule has 0 saturated carbocycles. The van der Waals surface area contributed by atoms with Crippen LogP contribution in [0, 0.1) is 0 Å². The maximum absolute atomic E-state index is 2.61. The molecule has 0 aromatic heterocycles. The molecule has 0 amide bonds. The Bertz CT molecular complexity index is 760. The summed E-state index contributed by atoms with van der Waals surface area (Å²) < 4.78 is 0. The fraction of sp³-hybridized carbons (Fsp3) is 0.478. The van der Waals surface area contributed by atoms with Gasteiger partial charge in [0.2, 0.25) is 0 Å². The number of hydrogen-bond donors (Lipinski definition) is 0. The van der Waals surface area contributed by atoms with Crippen LogP contribution >= 0.6 is 24.8 Å². The van der Waals surface area contributed by atoms with Gasteiger partial charge in [-0.15, -0.1) is 24.8 Å². The summed E-state index contributed by atoms with van der Waals surface area (Å²) in [5, 5.41) is 0. The Kier molecular flexibility index (Phi) is 7.76. The molecule has 1 aliphatic heterocycles. The van der Waals surface area contributed by atoms with Gasteiger partial charge in [-0.25, -0.2) is 0 Å². The number of benzene rings is 2. The smallest absolute Gasteiger partial charge is 0.0348 e. The van der Waals surface area contributed by atoms with Gasteiger partial charge in [-0.3, -0.25) is 4.90 Å². The number of likely N-dealkylation sites (N-methyl/N-ethyl adjacent to an activating group) is 1. The number of nitrogens with zero attached hydrogens (tertiary/aromatic N) is 2. The predicted molar refractivity (Wildman–Crippen MR) is 120 cm³/mol. The van der Waals surface area contributed by atoms with Gasteiger partial charge in [-0.1, -0.05) is 42.5 Å². The van der Waals surface area contributed by atoms with Crippen LogP contribution in [0.5, 0.6) is 0 Å². The summed E-state index contributed by atoms with van der Waals surface area (Å²) in [6, 6.07) is 16.8. The lowest BCUT2D eigenvalue weighted by Gasteiger charge is -2.40. The zero-order chi connectivity index (χ0) is 17.4. The van der Waals surface area contributed by atoms with E-state index in [1.54, 1.807) is 27.8 Å². The van der Waals surface area contributed by atoms with Gasteiger partial charge in [0.25, 0.3) is 0 Å². The summed E-state index contributed by atoms with van der Waals surface area (Å²) in [7, 11) is 6.67. The molecule has 0 saturated heterocycles. The van der Waals surface area contributed by atoms with Gasteiger partial charge < -0.3 is 4.90 Å². The van der Waals surface area contributed by atoms with E-state index in [1.807, 2.05) is 0 Å². The molecule has 1 heterocycles. The van der Waals surface area contributed by atoms with Crippen molar-refractivity contribution in [2.24, 2.45) is 0 Å². The quantitative estimate of drug-likeness (QED) is 0.697. The average molecular weight is 407 g/mol. The third kappa shape index (κ3) is 4.35. The largest absolute Gasteiger partial charge is 0.309 e. The van der Waals surface area contributed by atoms with Crippen LogP contribution in [0.15, 0.2) is 42.5 Å². The molecule has 0 N–H and O–H groups in total. The maximum atomic E-state index is 2.61. The van der Waals surface area contributed by atoms with Crippen molar-refractivity contribution in [3.8, 4) is 0 Å². The topological polar surface area (TPSA) is 6.48 Å². The normalized spacial score (nSPS) is 20.7. The molecule has 0 bridgehead atoms. The molecular weight excluding hydrogens is 375 g/mol. The number of rotatable bonds is 4. The van der Waals surface area contributed by atoms with Crippen molar-refractivity contribution < 1.29 is 0 Å². The second kappa shape index (κ2) is 9.43. The molecule has 2 aromatic carbocycles. The van der Waals surface area contributed by atoms with Crippen LogP contribution in [0.1, 0.15) is 52.6 Å². The number of hydrogen-bond acceptors (Lipinski definition) is 2. The van der Waals surface area contributed by atoms with Gasteiger partial charge in [-0.2, -0.15) is 0 Å². The molecule has 2 atom stereocenters. The zero-order valence-corrected chi connectivity index (χ0v) is 18.3. The molecule has 148 valence electrons. The van der Waals surface area contributed by atoms with E-state index in [4.69, 9.17) is 0 Å². The summed E-state index contributed by atoms with van der Waals surface area (Å²) >= 11 is 0. The van der Waals surface area contributed by atoms with Crippen molar-refractivity contribution in [1.29, 1.82) is 0 Å². The van der Waals surface area contributed by atoms with Gasteiger partial charge in [-0.05, 0) is 81.2 Å². The number of halogens is 2. The molecule has 0 spiro atoms. The highest BCUT2D eigenvalue weighted by atomic mass is 35.5. The van der Waals surface area contributed by atoms with Gasteiger partial charge >= 0.3 is 0 Å². The van der Waals surface area contributed by atoms with E-state index < -0.39 is 0 Å². The Labute approximate surface area is 176 Å². The van der Waals surface area contributed by atoms with Crippen molar-refractivity contribution in [2.45, 2.75) is 37.6 Å². The van der Waals surface area contributed by atoms with Gasteiger partial charge in [0.15, 0.2) is 0 Å². The molecule has 1 aliphatic carbocycles. The first-order valence-electron chi connectivity index (χ1n) is 9.69. The van der Waals surface area contributed by atoms with Crippen LogP contribution in [-0.2, 0) is 12.8 Å². The Morgan fingerprint density at radius 1 is 0.926 bits per heavy atom. The summed E-state index contributed by atoms with van der Waals surface area (Å²) in [4.78, 5) is 4.90. The van der Waals surface area contributed by atoms with Crippen LogP contribution in [-0.4, -0.2) is 44.0 Å². The van der Waals surface area contributed by atoms with E-state index in [2.05, 4.69) is 73.4 Å². The van der Waals surface area contributed by atoms with E-state index in [9.17, 15) is 0 Å². The van der Waals surface area contributed by atoms with E-state index in [0.717, 1.165) is 6.54 Å². The van der Waals surface area contributed by atoms with E-state index in [0.29, 0.717) is 12.0 Å². The van der Waals surface area contributed by atoms with Crippen LogP contribution in [0.2, 0.25) is 0 Å². The Hall–Kier alpha value is -1.06. The summed E-state index contributed by atoms with van der Waals surface area (Å²) in [5.74, 6) is 0.542. The third-order valence-electron chi connectivity index (χ3n) is 6.12. The lowest BCUT2D eigenvalue weighted by Crippen LogP contribution is -2.36. The highest BCUT2D eigenvalue weighted by Crippen LogP contribution is 2.44. The summed E-state index contributed by atoms with van der Waals surface area (Å²) in [5.41, 5.74) is 7.94. The minimum atomic E-state index is 0. The second-order valence-electron chi connectivity index (χ2n) is 8.07. The Morgan fingerprint density at radius 3 is 2.37 bits per heavy atom. The minimum Gasteiger partial charge on any atom is -0.309 e. The van der Waals surface area contributed by atoms with E-state index in [-0.39, 0.29) is 24.8 Å². The van der Waals surface area contributed by atoms with Gasteiger partial charge in [0, 0.05) is 18.5 Å². The van der Waals surface area contributed by atoms with Crippen LogP contribution < -0.4 is 0 Å². The monoisotopic (exact) mass is 406 g/mol. The molecule has 27 heavy (non-hydrogen) atoms. The van der Waals surface area contributed by atoms with Crippen molar-refractivity contribution in [3.63, 3.8) is 0 Å². The molecular formula is C23H32Cl2N2. The fourth-order valence-electron chi connectivity index (χ4n) is 4.91. The van der Waals surface area contributed by atoms with Gasteiger partial charge in [0.1, 0.15) is 0 Å². The lowest BCUT2D eigenvalue weighted by molar-refractivity contribution is 0.199. The standard InChI is InChI=1S/C23H30N2.2ClH/c1-24(2)15-7-12-22-20-11-6-9-18-14-13-17-8-4-5-10-19(17)21(23(18)20)16-25(22)3;;/h4-6,8-11,21-22H,7,12-16H2,1-3H3;2*1H. The van der Waals surface area contributed by atoms with Crippen LogP contribution in [0.4, 0.5) is 0 Å². The predicted octanol–water partition coefficient (Wildman–Crippen LogP) is 5.09. The Morgan fingerprint density at radius 2 is 1.59 bits per heavy atom. The minimum absolute atomic E-state index is 0. The second-order valence-corrected chi connectivity index (χ2v) is 8.07. The molecule has 2 nitrogen and oxygen atoms in total. The van der Waals surface area contributed by atoms with Crippen molar-refractivity contribution in [3.05, 3.63) is 70.3 Å². The van der Waals surface area contributed by atoms with Crippen molar-refractivity contribution >= 4 is 24.8 Å². The maximum Gasteiger partial charge on any atom is 0.0348 e. The first kappa shape index (κ1) is 22.2. The molecule has 4 heteroatoms. The van der Waals surface area contributed by atoms with Crippen molar-refractivity contribution in [2.75, 3.05) is 34.2 Å². The van der Waals surface area contributed by atoms with E-state index >= 15 is 0 Å². The molecule has 0 fully saturated rings. The highest BCUT2D eigenvalue weighted by Gasteiger charge is 2.35. The zero-order valence-electron chi connectivity index (χ0n) is 16.6. The van der Waals surface area contributed by atoms with E-state index in [1.165, 1.54) is 32.2 Å². The van der Waals surface area contributed by atoms with Crippen LogP contribution in [0.25, 0.3) is 0 Å². The molecule has 4 rings (SSSR count). The number of aryl methyl sites for hydroxylation is 2. The molecule has 2 aromatic rings. The average Bonchev–Trinajstić information content (AvgIpc) is 2.76. The number of fused-ring (bicyclic) bond motifs is 2. The lowest BCUT2D eigenvalue weighted by atomic mass is 9.78. The summed E-state index contributed by atoms with van der Waals surface area (Å²) in [6.45, 7) is 2.32. The van der Waals surface area contributed by atoms with Crippen LogP contribution in [0.3, 0.4) is 0 Å². The highest BCUT2D eigenvalue weighted by molar-refractivity contribution is 5.85. The van der Waals surface area contributed by atoms with Gasteiger partial charge in [0.05, 0.1) is 0 Å². The molecule has 0 radical (unpaired) electrons.